The first-order valence-electron chi connectivity index (χ1n) is 4.39. The Morgan fingerprint density at radius 2 is 2.36 bits per heavy atom. The first-order valence-corrected chi connectivity index (χ1v) is 5.18. The number of aromatic carboxylic acids is 1. The summed E-state index contributed by atoms with van der Waals surface area (Å²) >= 11 is 3.27. The van der Waals surface area contributed by atoms with Crippen molar-refractivity contribution >= 4 is 21.9 Å². The summed E-state index contributed by atoms with van der Waals surface area (Å²) in [6.45, 7) is 2.41. The molecule has 0 aliphatic carbocycles. The van der Waals surface area contributed by atoms with Crippen LogP contribution in [0.5, 0.6) is 0 Å². The van der Waals surface area contributed by atoms with Crippen LogP contribution in [0.25, 0.3) is 0 Å². The largest absolute Gasteiger partial charge is 0.476 e. The van der Waals surface area contributed by atoms with Crippen LogP contribution in [0.4, 0.5) is 0 Å². The van der Waals surface area contributed by atoms with Gasteiger partial charge in [-0.25, -0.2) is 9.78 Å². The zero-order valence-corrected chi connectivity index (χ0v) is 9.04. The predicted molar refractivity (Wildman–Crippen MR) is 53.5 cm³/mol. The van der Waals surface area contributed by atoms with Gasteiger partial charge in [-0.05, 0) is 15.9 Å². The quantitative estimate of drug-likeness (QED) is 0.771. The van der Waals surface area contributed by atoms with E-state index in [1.165, 1.54) is 0 Å². The number of carboxylic acids is 1. The zero-order valence-electron chi connectivity index (χ0n) is 7.46. The molecule has 76 valence electrons. The van der Waals surface area contributed by atoms with Gasteiger partial charge in [-0.2, -0.15) is 0 Å². The third kappa shape index (κ3) is 1.55. The average Bonchev–Trinajstić information content (AvgIpc) is 2.38. The van der Waals surface area contributed by atoms with Crippen LogP contribution in [0.3, 0.4) is 0 Å². The Morgan fingerprint density at radius 3 is 3.07 bits per heavy atom. The second kappa shape index (κ2) is 3.70. The minimum absolute atomic E-state index is 0.167. The fourth-order valence-electron chi connectivity index (χ4n) is 1.63. The van der Waals surface area contributed by atoms with E-state index in [4.69, 9.17) is 5.11 Å². The van der Waals surface area contributed by atoms with Gasteiger partial charge in [-0.1, -0.05) is 0 Å². The van der Waals surface area contributed by atoms with Gasteiger partial charge in [0.05, 0.1) is 5.69 Å². The maximum atomic E-state index is 10.9. The van der Waals surface area contributed by atoms with Gasteiger partial charge in [0.2, 0.25) is 0 Å². The van der Waals surface area contributed by atoms with Crippen molar-refractivity contribution in [3.63, 3.8) is 0 Å². The summed E-state index contributed by atoms with van der Waals surface area (Å²) in [6.07, 6.45) is 0.709. The van der Waals surface area contributed by atoms with Crippen LogP contribution < -0.4 is 5.32 Å². The molecule has 5 nitrogen and oxygen atoms in total. The summed E-state index contributed by atoms with van der Waals surface area (Å²) < 4.78 is 2.51. The topological polar surface area (TPSA) is 67.1 Å². The average molecular weight is 260 g/mol. The van der Waals surface area contributed by atoms with E-state index in [-0.39, 0.29) is 5.69 Å². The number of hydrogen-bond donors (Lipinski definition) is 2. The maximum absolute atomic E-state index is 10.9. The second-order valence-electron chi connectivity index (χ2n) is 3.13. The number of fused-ring (bicyclic) bond motifs is 1. The van der Waals surface area contributed by atoms with Gasteiger partial charge in [0, 0.05) is 26.1 Å². The van der Waals surface area contributed by atoms with Crippen molar-refractivity contribution < 1.29 is 9.90 Å². The molecule has 2 heterocycles. The summed E-state index contributed by atoms with van der Waals surface area (Å²) in [4.78, 5) is 14.9. The second-order valence-corrected chi connectivity index (χ2v) is 3.84. The Bertz CT molecular complexity index is 375. The molecule has 14 heavy (non-hydrogen) atoms. The van der Waals surface area contributed by atoms with Gasteiger partial charge in [-0.3, -0.25) is 0 Å². The molecular formula is C8H10BrN3O2. The molecule has 0 fully saturated rings. The highest BCUT2D eigenvalue weighted by Crippen LogP contribution is 2.18. The van der Waals surface area contributed by atoms with Crippen LogP contribution in [0.2, 0.25) is 0 Å². The van der Waals surface area contributed by atoms with Crippen LogP contribution in [0.15, 0.2) is 4.73 Å². The lowest BCUT2D eigenvalue weighted by molar-refractivity contribution is 0.0689. The fourth-order valence-corrected chi connectivity index (χ4v) is 2.20. The molecule has 0 saturated carbocycles. The molecule has 1 aromatic rings. The molecule has 0 atom stereocenters. The number of aromatic nitrogens is 2. The Kier molecular flexibility index (Phi) is 2.56. The number of hydrogen-bond acceptors (Lipinski definition) is 3. The molecule has 1 aliphatic rings. The summed E-state index contributed by atoms with van der Waals surface area (Å²) in [6, 6.07) is 0. The highest BCUT2D eigenvalue weighted by atomic mass is 79.9. The Labute approximate surface area is 89.3 Å². The Morgan fingerprint density at radius 1 is 1.57 bits per heavy atom. The molecule has 0 spiro atoms. The molecule has 2 N–H and O–H groups in total. The van der Waals surface area contributed by atoms with Crippen molar-refractivity contribution in [1.29, 1.82) is 0 Å². The monoisotopic (exact) mass is 259 g/mol. The van der Waals surface area contributed by atoms with E-state index in [0.717, 1.165) is 25.3 Å². The lowest BCUT2D eigenvalue weighted by Gasteiger charge is -2.03. The van der Waals surface area contributed by atoms with Gasteiger partial charge < -0.3 is 15.0 Å². The van der Waals surface area contributed by atoms with Crippen molar-refractivity contribution in [1.82, 2.24) is 14.9 Å². The van der Waals surface area contributed by atoms with Crippen LogP contribution in [0, 0.1) is 0 Å². The van der Waals surface area contributed by atoms with Gasteiger partial charge in [0.25, 0.3) is 0 Å². The van der Waals surface area contributed by atoms with Gasteiger partial charge >= 0.3 is 5.97 Å². The molecule has 0 radical (unpaired) electrons. The third-order valence-electron chi connectivity index (χ3n) is 2.28. The Balaban J connectivity index is 2.49. The number of nitrogens with one attached hydrogen (secondary N) is 1. The summed E-state index contributed by atoms with van der Waals surface area (Å²) in [7, 11) is 0. The molecule has 1 aromatic heterocycles. The SMILES string of the molecule is O=C(O)c1nc(Br)n2c1CCNCC2. The standard InChI is InChI=1S/C8H10BrN3O2/c9-8-11-6(7(13)14)5-1-2-10-3-4-12(5)8/h10H,1-4H2,(H,13,14). The minimum atomic E-state index is -0.957. The number of rotatable bonds is 1. The lowest BCUT2D eigenvalue weighted by Crippen LogP contribution is -2.17. The minimum Gasteiger partial charge on any atom is -0.476 e. The molecule has 0 amide bonds. The van der Waals surface area contributed by atoms with E-state index in [9.17, 15) is 4.79 Å². The molecular weight excluding hydrogens is 250 g/mol. The molecule has 0 saturated heterocycles. The first-order chi connectivity index (χ1) is 6.70. The van der Waals surface area contributed by atoms with E-state index < -0.39 is 5.97 Å². The van der Waals surface area contributed by atoms with Crippen molar-refractivity contribution in [2.24, 2.45) is 0 Å². The normalized spacial score (nSPS) is 16.1. The number of carboxylic acid groups (broad SMARTS) is 1. The Hall–Kier alpha value is -0.880. The van der Waals surface area contributed by atoms with Gasteiger partial charge in [0.1, 0.15) is 0 Å². The predicted octanol–water partition coefficient (Wildman–Crippen LogP) is 0.489. The summed E-state index contributed by atoms with van der Waals surface area (Å²) in [5.41, 5.74) is 0.968. The smallest absolute Gasteiger partial charge is 0.356 e. The fraction of sp³-hybridized carbons (Fsp3) is 0.500. The zero-order chi connectivity index (χ0) is 10.1. The molecule has 0 bridgehead atoms. The third-order valence-corrected chi connectivity index (χ3v) is 2.88. The van der Waals surface area contributed by atoms with E-state index in [1.807, 2.05) is 4.57 Å². The van der Waals surface area contributed by atoms with E-state index >= 15 is 0 Å². The van der Waals surface area contributed by atoms with Crippen LogP contribution in [-0.2, 0) is 13.0 Å². The van der Waals surface area contributed by atoms with Crippen LogP contribution in [-0.4, -0.2) is 33.7 Å². The highest BCUT2D eigenvalue weighted by Gasteiger charge is 2.21. The maximum Gasteiger partial charge on any atom is 0.356 e. The molecule has 6 heteroatoms. The number of nitrogens with zero attached hydrogens (tertiary/aromatic N) is 2. The highest BCUT2D eigenvalue weighted by molar-refractivity contribution is 9.10. The van der Waals surface area contributed by atoms with Crippen molar-refractivity contribution in [3.05, 3.63) is 16.1 Å². The lowest BCUT2D eigenvalue weighted by atomic mass is 10.2. The van der Waals surface area contributed by atoms with Gasteiger partial charge in [-0.15, -0.1) is 0 Å². The summed E-state index contributed by atoms with van der Waals surface area (Å²) in [5, 5.41) is 12.1. The van der Waals surface area contributed by atoms with E-state index in [2.05, 4.69) is 26.2 Å². The molecule has 0 unspecified atom stereocenters. The number of imidazole rings is 1. The summed E-state index contributed by atoms with van der Waals surface area (Å²) in [5.74, 6) is -0.957. The van der Waals surface area contributed by atoms with Crippen LogP contribution in [0.1, 0.15) is 16.2 Å². The molecule has 2 rings (SSSR count). The number of halogens is 1. The molecule has 0 aromatic carbocycles. The van der Waals surface area contributed by atoms with Gasteiger partial charge in [0.15, 0.2) is 10.4 Å². The van der Waals surface area contributed by atoms with Crippen LogP contribution >= 0.6 is 15.9 Å². The number of carbonyl (C=O) groups is 1. The van der Waals surface area contributed by atoms with Crippen molar-refractivity contribution in [2.75, 3.05) is 13.1 Å². The van der Waals surface area contributed by atoms with Crippen molar-refractivity contribution in [2.45, 2.75) is 13.0 Å². The van der Waals surface area contributed by atoms with E-state index in [1.54, 1.807) is 0 Å². The first kappa shape index (κ1) is 9.67. The van der Waals surface area contributed by atoms with E-state index in [0.29, 0.717) is 11.2 Å². The van der Waals surface area contributed by atoms with Crippen molar-refractivity contribution in [3.8, 4) is 0 Å². The molecule has 1 aliphatic heterocycles.